The molecule has 0 saturated heterocycles. The van der Waals surface area contributed by atoms with Crippen molar-refractivity contribution in [1.82, 2.24) is 0 Å². The normalized spacial score (nSPS) is 15.0. The monoisotopic (exact) mass is 282 g/mol. The first-order valence-corrected chi connectivity index (χ1v) is 10.6. The maximum absolute atomic E-state index is 5.77. The Morgan fingerprint density at radius 1 is 0.882 bits per heavy atom. The zero-order chi connectivity index (χ0) is 13.5. The highest BCUT2D eigenvalue weighted by atomic mass is 28.4. The highest BCUT2D eigenvalue weighted by molar-refractivity contribution is 6.72. The standard InChI is InChI=1S/C10H26O5Si2/c1-8-15-10(17(7,13-4)14-5)9-16(6,11-2)12-3/h10H,8-9H2,1-7H3. The summed E-state index contributed by atoms with van der Waals surface area (Å²) in [4.78, 5) is 0. The Kier molecular flexibility index (Phi) is 7.73. The van der Waals surface area contributed by atoms with Gasteiger partial charge in [0.25, 0.3) is 0 Å². The average molecular weight is 282 g/mol. The van der Waals surface area contributed by atoms with Gasteiger partial charge in [-0.3, -0.25) is 0 Å². The largest absolute Gasteiger partial charge is 0.398 e. The van der Waals surface area contributed by atoms with Crippen molar-refractivity contribution in [2.45, 2.75) is 31.8 Å². The molecule has 0 bridgehead atoms. The molecule has 0 aromatic carbocycles. The lowest BCUT2D eigenvalue weighted by Crippen LogP contribution is -2.55. The van der Waals surface area contributed by atoms with Gasteiger partial charge in [-0.05, 0) is 20.0 Å². The van der Waals surface area contributed by atoms with Gasteiger partial charge in [-0.2, -0.15) is 0 Å². The predicted molar refractivity (Wildman–Crippen MR) is 71.5 cm³/mol. The van der Waals surface area contributed by atoms with E-state index in [0.29, 0.717) is 12.7 Å². The zero-order valence-corrected chi connectivity index (χ0v) is 14.0. The number of hydrogen-bond donors (Lipinski definition) is 0. The molecular formula is C10H26O5Si2. The van der Waals surface area contributed by atoms with Crippen LogP contribution in [0.1, 0.15) is 6.92 Å². The van der Waals surface area contributed by atoms with E-state index in [2.05, 4.69) is 0 Å². The van der Waals surface area contributed by atoms with Crippen molar-refractivity contribution >= 4 is 17.1 Å². The van der Waals surface area contributed by atoms with Crippen LogP contribution in [0.15, 0.2) is 0 Å². The summed E-state index contributed by atoms with van der Waals surface area (Å²) < 4.78 is 27.8. The first-order chi connectivity index (χ1) is 7.91. The van der Waals surface area contributed by atoms with Gasteiger partial charge in [0.05, 0.1) is 0 Å². The van der Waals surface area contributed by atoms with E-state index in [-0.39, 0.29) is 5.73 Å². The fourth-order valence-electron chi connectivity index (χ4n) is 1.53. The third-order valence-corrected chi connectivity index (χ3v) is 9.59. The van der Waals surface area contributed by atoms with Crippen LogP contribution in [0.2, 0.25) is 19.1 Å². The SMILES string of the molecule is CCOC(C[Si](C)(OC)OC)[Si](C)(OC)OC. The molecule has 0 amide bonds. The van der Waals surface area contributed by atoms with Crippen molar-refractivity contribution in [3.63, 3.8) is 0 Å². The number of rotatable bonds is 9. The predicted octanol–water partition coefficient (Wildman–Crippen LogP) is 1.66. The first-order valence-electron chi connectivity index (χ1n) is 5.73. The number of ether oxygens (including phenoxy) is 1. The lowest BCUT2D eigenvalue weighted by atomic mass is 10.8. The van der Waals surface area contributed by atoms with E-state index in [4.69, 9.17) is 22.4 Å². The summed E-state index contributed by atoms with van der Waals surface area (Å²) >= 11 is 0. The van der Waals surface area contributed by atoms with Gasteiger partial charge in [0.1, 0.15) is 5.73 Å². The van der Waals surface area contributed by atoms with E-state index in [1.807, 2.05) is 20.0 Å². The topological polar surface area (TPSA) is 46.2 Å². The molecule has 0 heterocycles. The zero-order valence-electron chi connectivity index (χ0n) is 12.0. The summed E-state index contributed by atoms with van der Waals surface area (Å²) in [6.45, 7) is 6.59. The lowest BCUT2D eigenvalue weighted by molar-refractivity contribution is 0.0712. The van der Waals surface area contributed by atoms with E-state index in [0.717, 1.165) is 0 Å². The third kappa shape index (κ3) is 4.78. The van der Waals surface area contributed by atoms with Crippen molar-refractivity contribution in [2.75, 3.05) is 35.0 Å². The van der Waals surface area contributed by atoms with Crippen LogP contribution in [0.3, 0.4) is 0 Å². The van der Waals surface area contributed by atoms with Gasteiger partial charge in [0.2, 0.25) is 0 Å². The molecule has 5 nitrogen and oxygen atoms in total. The van der Waals surface area contributed by atoms with Gasteiger partial charge in [-0.15, -0.1) is 0 Å². The molecule has 1 atom stereocenters. The molecule has 0 aliphatic heterocycles. The number of hydrogen-bond acceptors (Lipinski definition) is 5. The minimum absolute atomic E-state index is 0.0842. The van der Waals surface area contributed by atoms with Crippen molar-refractivity contribution in [1.29, 1.82) is 0 Å². The van der Waals surface area contributed by atoms with Crippen molar-refractivity contribution in [3.05, 3.63) is 0 Å². The maximum Gasteiger partial charge on any atom is 0.364 e. The van der Waals surface area contributed by atoms with Gasteiger partial charge < -0.3 is 22.4 Å². The Hall–Kier alpha value is 0.234. The summed E-state index contributed by atoms with van der Waals surface area (Å²) in [5.41, 5.74) is -0.0842. The molecule has 0 fully saturated rings. The second-order valence-corrected chi connectivity index (χ2v) is 11.1. The summed E-state index contributed by atoms with van der Waals surface area (Å²) in [6, 6.07) is 0.707. The Morgan fingerprint density at radius 3 is 1.65 bits per heavy atom. The van der Waals surface area contributed by atoms with E-state index in [9.17, 15) is 0 Å². The molecule has 17 heavy (non-hydrogen) atoms. The first kappa shape index (κ1) is 17.2. The molecule has 0 aliphatic rings. The van der Waals surface area contributed by atoms with E-state index < -0.39 is 17.1 Å². The molecular weight excluding hydrogens is 256 g/mol. The molecule has 1 unspecified atom stereocenters. The van der Waals surface area contributed by atoms with Gasteiger partial charge in [0.15, 0.2) is 0 Å². The molecule has 104 valence electrons. The molecule has 0 saturated carbocycles. The molecule has 0 aromatic rings. The fourth-order valence-corrected chi connectivity index (χ4v) is 6.58. The maximum atomic E-state index is 5.77. The van der Waals surface area contributed by atoms with Crippen molar-refractivity contribution in [2.24, 2.45) is 0 Å². The molecule has 7 heteroatoms. The molecule has 0 aliphatic carbocycles. The van der Waals surface area contributed by atoms with Crippen LogP contribution in [0.4, 0.5) is 0 Å². The second kappa shape index (κ2) is 7.62. The third-order valence-electron chi connectivity index (χ3n) is 3.18. The summed E-state index contributed by atoms with van der Waals surface area (Å²) in [5.74, 6) is 0. The van der Waals surface area contributed by atoms with E-state index >= 15 is 0 Å². The van der Waals surface area contributed by atoms with Crippen LogP contribution < -0.4 is 0 Å². The lowest BCUT2D eigenvalue weighted by Gasteiger charge is -2.35. The molecule has 0 radical (unpaired) electrons. The summed E-state index contributed by atoms with van der Waals surface area (Å²) in [5, 5.41) is 0. The smallest absolute Gasteiger partial charge is 0.364 e. The van der Waals surface area contributed by atoms with Gasteiger partial charge in [-0.25, -0.2) is 0 Å². The minimum Gasteiger partial charge on any atom is -0.398 e. The second-order valence-electron chi connectivity index (χ2n) is 4.11. The molecule has 0 rings (SSSR count). The van der Waals surface area contributed by atoms with Crippen molar-refractivity contribution < 1.29 is 22.4 Å². The van der Waals surface area contributed by atoms with Crippen molar-refractivity contribution in [3.8, 4) is 0 Å². The Balaban J connectivity index is 4.85. The van der Waals surface area contributed by atoms with Crippen LogP contribution in [-0.4, -0.2) is 57.9 Å². The Bertz CT molecular complexity index is 207. The quantitative estimate of drug-likeness (QED) is 0.602. The van der Waals surface area contributed by atoms with Crippen LogP contribution in [0.25, 0.3) is 0 Å². The van der Waals surface area contributed by atoms with Gasteiger partial charge in [-0.1, -0.05) is 0 Å². The Labute approximate surface area is 107 Å². The fraction of sp³-hybridized carbons (Fsp3) is 1.00. The Morgan fingerprint density at radius 2 is 1.35 bits per heavy atom. The average Bonchev–Trinajstić information content (AvgIpc) is 2.37. The summed E-state index contributed by atoms with van der Waals surface area (Å²) in [7, 11) is 2.16. The highest BCUT2D eigenvalue weighted by Gasteiger charge is 2.46. The van der Waals surface area contributed by atoms with Crippen LogP contribution >= 0.6 is 0 Å². The van der Waals surface area contributed by atoms with Crippen LogP contribution in [0, 0.1) is 0 Å². The van der Waals surface area contributed by atoms with E-state index in [1.165, 1.54) is 0 Å². The molecule has 0 aromatic heterocycles. The van der Waals surface area contributed by atoms with Gasteiger partial charge >= 0.3 is 17.1 Å². The minimum atomic E-state index is -2.34. The highest BCUT2D eigenvalue weighted by Crippen LogP contribution is 2.24. The summed E-state index contributed by atoms with van der Waals surface area (Å²) in [6.07, 6.45) is 0. The molecule has 0 spiro atoms. The van der Waals surface area contributed by atoms with Crippen LogP contribution in [0.5, 0.6) is 0 Å². The van der Waals surface area contributed by atoms with E-state index in [1.54, 1.807) is 28.4 Å². The van der Waals surface area contributed by atoms with Gasteiger partial charge in [0, 0.05) is 41.1 Å². The molecule has 0 N–H and O–H groups in total. The van der Waals surface area contributed by atoms with Crippen LogP contribution in [-0.2, 0) is 22.4 Å².